The standard InChI is InChI=1S/C10H10N4S2/c1-15-10-13-7(11)6-9(14-10)16-8-4-2-3-5-12-8/h2-6H,1H3,(H2,11,13,14). The molecule has 0 amide bonds. The fraction of sp³-hybridized carbons (Fsp3) is 0.100. The van der Waals surface area contributed by atoms with Crippen LogP contribution >= 0.6 is 23.5 Å². The summed E-state index contributed by atoms with van der Waals surface area (Å²) in [5, 5.41) is 2.39. The molecule has 16 heavy (non-hydrogen) atoms. The zero-order valence-corrected chi connectivity index (χ0v) is 10.3. The predicted octanol–water partition coefficient (Wildman–Crippen LogP) is 2.33. The minimum absolute atomic E-state index is 0.484. The van der Waals surface area contributed by atoms with Crippen molar-refractivity contribution in [1.82, 2.24) is 15.0 Å². The van der Waals surface area contributed by atoms with E-state index in [-0.39, 0.29) is 0 Å². The van der Waals surface area contributed by atoms with Gasteiger partial charge in [-0.2, -0.15) is 0 Å². The molecule has 0 spiro atoms. The maximum atomic E-state index is 5.69. The Hall–Kier alpha value is -1.27. The third-order valence-electron chi connectivity index (χ3n) is 1.73. The van der Waals surface area contributed by atoms with E-state index >= 15 is 0 Å². The van der Waals surface area contributed by atoms with Gasteiger partial charge in [0, 0.05) is 12.3 Å². The van der Waals surface area contributed by atoms with E-state index in [1.807, 2.05) is 24.5 Å². The number of hydrogen-bond acceptors (Lipinski definition) is 6. The van der Waals surface area contributed by atoms with Crippen LogP contribution in [0.1, 0.15) is 0 Å². The van der Waals surface area contributed by atoms with Crippen molar-refractivity contribution >= 4 is 29.3 Å². The summed E-state index contributed by atoms with van der Waals surface area (Å²) in [6.07, 6.45) is 3.67. The van der Waals surface area contributed by atoms with Crippen LogP contribution in [0.15, 0.2) is 45.7 Å². The molecule has 0 aliphatic heterocycles. The number of pyridine rings is 1. The van der Waals surface area contributed by atoms with Crippen molar-refractivity contribution in [1.29, 1.82) is 0 Å². The van der Waals surface area contributed by atoms with E-state index in [4.69, 9.17) is 5.73 Å². The number of rotatable bonds is 3. The second-order valence-electron chi connectivity index (χ2n) is 2.89. The van der Waals surface area contributed by atoms with Gasteiger partial charge < -0.3 is 5.73 Å². The third kappa shape index (κ3) is 2.86. The van der Waals surface area contributed by atoms with Crippen molar-refractivity contribution in [2.75, 3.05) is 12.0 Å². The normalized spacial score (nSPS) is 10.3. The molecule has 6 heteroatoms. The number of nitrogens with two attached hydrogens (primary N) is 1. The van der Waals surface area contributed by atoms with Gasteiger partial charge in [0.15, 0.2) is 5.16 Å². The summed E-state index contributed by atoms with van der Waals surface area (Å²) < 4.78 is 0. The van der Waals surface area contributed by atoms with E-state index in [0.717, 1.165) is 10.1 Å². The maximum absolute atomic E-state index is 5.69. The van der Waals surface area contributed by atoms with Crippen molar-refractivity contribution in [2.24, 2.45) is 0 Å². The quantitative estimate of drug-likeness (QED) is 0.512. The monoisotopic (exact) mass is 250 g/mol. The number of hydrogen-bond donors (Lipinski definition) is 1. The van der Waals surface area contributed by atoms with Gasteiger partial charge >= 0.3 is 0 Å². The van der Waals surface area contributed by atoms with Gasteiger partial charge in [-0.25, -0.2) is 15.0 Å². The van der Waals surface area contributed by atoms with Gasteiger partial charge in [0.25, 0.3) is 0 Å². The van der Waals surface area contributed by atoms with Crippen molar-refractivity contribution in [3.8, 4) is 0 Å². The van der Waals surface area contributed by atoms with Crippen LogP contribution in [-0.4, -0.2) is 21.2 Å². The molecule has 0 atom stereocenters. The van der Waals surface area contributed by atoms with Crippen LogP contribution in [0.2, 0.25) is 0 Å². The number of nitrogens with zero attached hydrogens (tertiary/aromatic N) is 3. The lowest BCUT2D eigenvalue weighted by Gasteiger charge is -2.02. The number of nitrogen functional groups attached to an aromatic ring is 1. The van der Waals surface area contributed by atoms with Crippen molar-refractivity contribution < 1.29 is 0 Å². The third-order valence-corrected chi connectivity index (χ3v) is 3.15. The van der Waals surface area contributed by atoms with E-state index in [1.54, 1.807) is 12.3 Å². The van der Waals surface area contributed by atoms with Crippen LogP contribution < -0.4 is 5.73 Å². The van der Waals surface area contributed by atoms with E-state index in [1.165, 1.54) is 23.5 Å². The lowest BCUT2D eigenvalue weighted by Crippen LogP contribution is -1.95. The first-order valence-electron chi connectivity index (χ1n) is 4.55. The van der Waals surface area contributed by atoms with E-state index in [9.17, 15) is 0 Å². The molecule has 0 aliphatic rings. The highest BCUT2D eigenvalue weighted by Gasteiger charge is 2.04. The largest absolute Gasteiger partial charge is 0.384 e. The molecule has 0 aromatic carbocycles. The summed E-state index contributed by atoms with van der Waals surface area (Å²) in [5.74, 6) is 0.484. The molecule has 0 saturated carbocycles. The first-order chi connectivity index (χ1) is 7.78. The highest BCUT2D eigenvalue weighted by molar-refractivity contribution is 7.99. The number of anilines is 1. The van der Waals surface area contributed by atoms with Crippen LogP contribution in [-0.2, 0) is 0 Å². The first kappa shape index (κ1) is 11.2. The summed E-state index contributed by atoms with van der Waals surface area (Å²) in [7, 11) is 0. The Balaban J connectivity index is 2.24. The smallest absolute Gasteiger partial charge is 0.190 e. The van der Waals surface area contributed by atoms with Crippen LogP contribution in [0.25, 0.3) is 0 Å². The molecule has 0 saturated heterocycles. The van der Waals surface area contributed by atoms with E-state index < -0.39 is 0 Å². The van der Waals surface area contributed by atoms with Crippen molar-refractivity contribution in [3.63, 3.8) is 0 Å². The topological polar surface area (TPSA) is 64.7 Å². The minimum atomic E-state index is 0.484. The summed E-state index contributed by atoms with van der Waals surface area (Å²) in [5.41, 5.74) is 5.69. The Labute approximate surface area is 102 Å². The highest BCUT2D eigenvalue weighted by atomic mass is 32.2. The van der Waals surface area contributed by atoms with Gasteiger partial charge in [-0.3, -0.25) is 0 Å². The van der Waals surface area contributed by atoms with Gasteiger partial charge in [-0.1, -0.05) is 17.8 Å². The minimum Gasteiger partial charge on any atom is -0.384 e. The van der Waals surface area contributed by atoms with Crippen LogP contribution in [0, 0.1) is 0 Å². The van der Waals surface area contributed by atoms with E-state index in [0.29, 0.717) is 11.0 Å². The summed E-state index contributed by atoms with van der Waals surface area (Å²) in [4.78, 5) is 12.6. The lowest BCUT2D eigenvalue weighted by atomic mass is 10.5. The van der Waals surface area contributed by atoms with Gasteiger partial charge in [-0.05, 0) is 30.2 Å². The van der Waals surface area contributed by atoms with Crippen LogP contribution in [0.4, 0.5) is 5.82 Å². The molecule has 2 aromatic heterocycles. The second kappa shape index (κ2) is 5.18. The van der Waals surface area contributed by atoms with Gasteiger partial charge in [-0.15, -0.1) is 0 Å². The Bertz CT molecular complexity index is 476. The maximum Gasteiger partial charge on any atom is 0.190 e. The molecule has 2 heterocycles. The fourth-order valence-corrected chi connectivity index (χ4v) is 2.31. The zero-order chi connectivity index (χ0) is 11.4. The molecular formula is C10H10N4S2. The van der Waals surface area contributed by atoms with Gasteiger partial charge in [0.05, 0.1) is 0 Å². The van der Waals surface area contributed by atoms with Gasteiger partial charge in [0.2, 0.25) is 0 Å². The Morgan fingerprint density at radius 3 is 2.75 bits per heavy atom. The van der Waals surface area contributed by atoms with Crippen LogP contribution in [0.5, 0.6) is 0 Å². The fourth-order valence-electron chi connectivity index (χ4n) is 1.08. The van der Waals surface area contributed by atoms with Crippen molar-refractivity contribution in [2.45, 2.75) is 15.2 Å². The SMILES string of the molecule is CSc1nc(N)cc(Sc2ccccn2)n1. The van der Waals surface area contributed by atoms with E-state index in [2.05, 4.69) is 15.0 Å². The van der Waals surface area contributed by atoms with Gasteiger partial charge in [0.1, 0.15) is 15.9 Å². The summed E-state index contributed by atoms with van der Waals surface area (Å²) in [6.45, 7) is 0. The molecule has 82 valence electrons. The molecule has 0 radical (unpaired) electrons. The average Bonchev–Trinajstić information content (AvgIpc) is 2.29. The molecule has 2 aromatic rings. The summed E-state index contributed by atoms with van der Waals surface area (Å²) >= 11 is 2.95. The Kier molecular flexibility index (Phi) is 3.63. The molecule has 2 N–H and O–H groups in total. The number of thioether (sulfide) groups is 1. The second-order valence-corrected chi connectivity index (χ2v) is 4.70. The molecular weight excluding hydrogens is 240 g/mol. The van der Waals surface area contributed by atoms with Crippen molar-refractivity contribution in [3.05, 3.63) is 30.5 Å². The Morgan fingerprint density at radius 2 is 2.06 bits per heavy atom. The molecule has 0 bridgehead atoms. The first-order valence-corrected chi connectivity index (χ1v) is 6.59. The zero-order valence-electron chi connectivity index (χ0n) is 8.62. The Morgan fingerprint density at radius 1 is 1.19 bits per heavy atom. The highest BCUT2D eigenvalue weighted by Crippen LogP contribution is 2.26. The molecule has 0 aliphatic carbocycles. The molecule has 4 nitrogen and oxygen atoms in total. The lowest BCUT2D eigenvalue weighted by molar-refractivity contribution is 0.900. The average molecular weight is 250 g/mol. The summed E-state index contributed by atoms with van der Waals surface area (Å²) in [6, 6.07) is 7.50. The molecule has 0 fully saturated rings. The predicted molar refractivity (Wildman–Crippen MR) is 66.6 cm³/mol. The number of aromatic nitrogens is 3. The van der Waals surface area contributed by atoms with Crippen LogP contribution in [0.3, 0.4) is 0 Å². The molecule has 2 rings (SSSR count). The molecule has 0 unspecified atom stereocenters.